The van der Waals surface area contributed by atoms with Gasteiger partial charge in [-0.3, -0.25) is 10.4 Å². The summed E-state index contributed by atoms with van der Waals surface area (Å²) in [5.74, 6) is 6.68. The van der Waals surface area contributed by atoms with Crippen LogP contribution in [0.5, 0.6) is 0 Å². The molecule has 1 fully saturated rings. The molecule has 0 heterocycles. The van der Waals surface area contributed by atoms with Crippen LogP contribution in [0.15, 0.2) is 4.99 Å². The Morgan fingerprint density at radius 3 is 2.57 bits per heavy atom. The molecule has 0 bridgehead atoms. The molecule has 0 aliphatic heterocycles. The minimum atomic E-state index is 0.446. The van der Waals surface area contributed by atoms with E-state index in [1.54, 1.807) is 0 Å². The Morgan fingerprint density at radius 2 is 2.14 bits per heavy atom. The van der Waals surface area contributed by atoms with E-state index < -0.39 is 0 Å². The van der Waals surface area contributed by atoms with Crippen LogP contribution >= 0.6 is 0 Å². The van der Waals surface area contributed by atoms with Crippen LogP contribution in [0.1, 0.15) is 33.6 Å². The van der Waals surface area contributed by atoms with Gasteiger partial charge >= 0.3 is 0 Å². The van der Waals surface area contributed by atoms with E-state index in [9.17, 15) is 0 Å². The molecular weight excluding hydrogens is 176 g/mol. The number of guanidine groups is 1. The SMILES string of the molecule is CC(C)CNC(=NCC1(C)CC1)NN. The normalized spacial score (nSPS) is 19.6. The average Bonchev–Trinajstić information content (AvgIpc) is 2.84. The van der Waals surface area contributed by atoms with Crippen LogP contribution in [0.2, 0.25) is 0 Å². The molecule has 0 unspecified atom stereocenters. The van der Waals surface area contributed by atoms with Gasteiger partial charge in [0.05, 0.1) is 0 Å². The Bertz CT molecular complexity index is 206. The first kappa shape index (κ1) is 11.3. The number of nitrogens with one attached hydrogen (secondary N) is 2. The van der Waals surface area contributed by atoms with Crippen molar-refractivity contribution in [3.8, 4) is 0 Å². The highest BCUT2D eigenvalue weighted by Gasteiger charge is 2.36. The lowest BCUT2D eigenvalue weighted by atomic mass is 10.1. The lowest BCUT2D eigenvalue weighted by Crippen LogP contribution is -2.43. The van der Waals surface area contributed by atoms with Crippen molar-refractivity contribution in [2.24, 2.45) is 22.2 Å². The summed E-state index contributed by atoms with van der Waals surface area (Å²) in [4.78, 5) is 4.42. The Morgan fingerprint density at radius 1 is 1.50 bits per heavy atom. The molecule has 4 N–H and O–H groups in total. The molecule has 0 amide bonds. The largest absolute Gasteiger partial charge is 0.355 e. The number of rotatable bonds is 4. The van der Waals surface area contributed by atoms with E-state index in [0.717, 1.165) is 13.1 Å². The molecule has 0 saturated heterocycles. The summed E-state index contributed by atoms with van der Waals surface area (Å²) in [7, 11) is 0. The number of nitrogens with two attached hydrogens (primary N) is 1. The van der Waals surface area contributed by atoms with Gasteiger partial charge in [-0.05, 0) is 24.2 Å². The van der Waals surface area contributed by atoms with E-state index in [1.807, 2.05) is 0 Å². The number of nitrogens with zero attached hydrogens (tertiary/aromatic N) is 1. The maximum Gasteiger partial charge on any atom is 0.205 e. The molecule has 0 aromatic rings. The number of aliphatic imine (C=N–C) groups is 1. The van der Waals surface area contributed by atoms with Gasteiger partial charge in [-0.2, -0.15) is 0 Å². The monoisotopic (exact) mass is 198 g/mol. The zero-order chi connectivity index (χ0) is 10.6. The smallest absolute Gasteiger partial charge is 0.205 e. The van der Waals surface area contributed by atoms with Gasteiger partial charge in [0.15, 0.2) is 0 Å². The van der Waals surface area contributed by atoms with Gasteiger partial charge in [0.2, 0.25) is 5.96 Å². The van der Waals surface area contributed by atoms with E-state index >= 15 is 0 Å². The van der Waals surface area contributed by atoms with Crippen molar-refractivity contribution in [1.29, 1.82) is 0 Å². The van der Waals surface area contributed by atoms with Crippen LogP contribution in [-0.4, -0.2) is 19.0 Å². The van der Waals surface area contributed by atoms with Crippen molar-refractivity contribution < 1.29 is 0 Å². The Hall–Kier alpha value is -0.770. The summed E-state index contributed by atoms with van der Waals surface area (Å²) in [6.45, 7) is 8.34. The van der Waals surface area contributed by atoms with Gasteiger partial charge in [0, 0.05) is 13.1 Å². The van der Waals surface area contributed by atoms with E-state index in [2.05, 4.69) is 36.5 Å². The molecule has 1 aliphatic rings. The first-order valence-corrected chi connectivity index (χ1v) is 5.31. The van der Waals surface area contributed by atoms with Gasteiger partial charge in [-0.1, -0.05) is 20.8 Å². The quantitative estimate of drug-likeness (QED) is 0.272. The molecule has 4 heteroatoms. The molecule has 0 aromatic carbocycles. The van der Waals surface area contributed by atoms with E-state index in [4.69, 9.17) is 5.84 Å². The zero-order valence-electron chi connectivity index (χ0n) is 9.43. The molecular formula is C10H22N4. The fourth-order valence-corrected chi connectivity index (χ4v) is 1.09. The third-order valence-corrected chi connectivity index (χ3v) is 2.54. The van der Waals surface area contributed by atoms with Crippen LogP contribution in [0.4, 0.5) is 0 Å². The van der Waals surface area contributed by atoms with Crippen LogP contribution in [-0.2, 0) is 0 Å². The molecule has 1 saturated carbocycles. The molecule has 82 valence electrons. The third-order valence-electron chi connectivity index (χ3n) is 2.54. The van der Waals surface area contributed by atoms with Crippen molar-refractivity contribution in [1.82, 2.24) is 10.7 Å². The first-order valence-electron chi connectivity index (χ1n) is 5.31. The second kappa shape index (κ2) is 4.64. The van der Waals surface area contributed by atoms with Crippen molar-refractivity contribution >= 4 is 5.96 Å². The van der Waals surface area contributed by atoms with Gasteiger partial charge in [0.25, 0.3) is 0 Å². The highest BCUT2D eigenvalue weighted by molar-refractivity contribution is 5.79. The predicted molar refractivity (Wildman–Crippen MR) is 59.8 cm³/mol. The summed E-state index contributed by atoms with van der Waals surface area (Å²) in [6.07, 6.45) is 2.58. The fraction of sp³-hybridized carbons (Fsp3) is 0.900. The van der Waals surface area contributed by atoms with Crippen molar-refractivity contribution in [2.45, 2.75) is 33.6 Å². The zero-order valence-corrected chi connectivity index (χ0v) is 9.43. The van der Waals surface area contributed by atoms with E-state index in [0.29, 0.717) is 17.3 Å². The number of hydrogen-bond acceptors (Lipinski definition) is 2. The molecule has 1 rings (SSSR count). The van der Waals surface area contributed by atoms with Gasteiger partial charge in [0.1, 0.15) is 0 Å². The maximum absolute atomic E-state index is 5.37. The van der Waals surface area contributed by atoms with E-state index in [-0.39, 0.29) is 0 Å². The summed E-state index contributed by atoms with van der Waals surface area (Å²) >= 11 is 0. The summed E-state index contributed by atoms with van der Waals surface area (Å²) < 4.78 is 0. The lowest BCUT2D eigenvalue weighted by Gasteiger charge is -2.12. The minimum Gasteiger partial charge on any atom is -0.355 e. The van der Waals surface area contributed by atoms with Crippen molar-refractivity contribution in [3.63, 3.8) is 0 Å². The Labute approximate surface area is 86.3 Å². The van der Waals surface area contributed by atoms with Crippen molar-refractivity contribution in [2.75, 3.05) is 13.1 Å². The van der Waals surface area contributed by atoms with Crippen LogP contribution in [0, 0.1) is 11.3 Å². The second-order valence-corrected chi connectivity index (χ2v) is 4.89. The topological polar surface area (TPSA) is 62.4 Å². The van der Waals surface area contributed by atoms with Gasteiger partial charge in [-0.15, -0.1) is 0 Å². The van der Waals surface area contributed by atoms with Gasteiger partial charge < -0.3 is 5.32 Å². The highest BCUT2D eigenvalue weighted by Crippen LogP contribution is 2.44. The fourth-order valence-electron chi connectivity index (χ4n) is 1.09. The number of hydrogen-bond donors (Lipinski definition) is 3. The average molecular weight is 198 g/mol. The molecule has 1 aliphatic carbocycles. The molecule has 0 atom stereocenters. The first-order chi connectivity index (χ1) is 6.56. The van der Waals surface area contributed by atoms with E-state index in [1.165, 1.54) is 12.8 Å². The molecule has 0 radical (unpaired) electrons. The Balaban J connectivity index is 2.28. The summed E-state index contributed by atoms with van der Waals surface area (Å²) in [6, 6.07) is 0. The molecule has 0 spiro atoms. The molecule has 4 nitrogen and oxygen atoms in total. The van der Waals surface area contributed by atoms with Crippen LogP contribution in [0.3, 0.4) is 0 Å². The third kappa shape index (κ3) is 3.96. The van der Waals surface area contributed by atoms with Crippen LogP contribution in [0.25, 0.3) is 0 Å². The standard InChI is InChI=1S/C10H22N4/c1-8(2)6-12-9(14-11)13-7-10(3)4-5-10/h8H,4-7,11H2,1-3H3,(H2,12,13,14). The maximum atomic E-state index is 5.37. The second-order valence-electron chi connectivity index (χ2n) is 4.89. The molecule has 14 heavy (non-hydrogen) atoms. The summed E-state index contributed by atoms with van der Waals surface area (Å²) in [5.41, 5.74) is 3.04. The van der Waals surface area contributed by atoms with Gasteiger partial charge in [-0.25, -0.2) is 5.84 Å². The predicted octanol–water partition coefficient (Wildman–Crippen LogP) is 0.851. The summed E-state index contributed by atoms with van der Waals surface area (Å²) in [5, 5.41) is 3.18. The lowest BCUT2D eigenvalue weighted by molar-refractivity contribution is 0.577. The Kier molecular flexibility index (Phi) is 3.75. The minimum absolute atomic E-state index is 0.446. The van der Waals surface area contributed by atoms with Crippen LogP contribution < -0.4 is 16.6 Å². The van der Waals surface area contributed by atoms with Crippen molar-refractivity contribution in [3.05, 3.63) is 0 Å². The number of hydrazine groups is 1. The highest BCUT2D eigenvalue weighted by atomic mass is 15.3. The molecule has 0 aromatic heterocycles.